The van der Waals surface area contributed by atoms with Gasteiger partial charge in [0.25, 0.3) is 0 Å². The zero-order valence-electron chi connectivity index (χ0n) is 11.5. The number of hydrogen-bond acceptors (Lipinski definition) is 5. The van der Waals surface area contributed by atoms with Crippen molar-refractivity contribution in [1.29, 1.82) is 0 Å². The molecule has 0 spiro atoms. The van der Waals surface area contributed by atoms with Crippen LogP contribution in [0.2, 0.25) is 0 Å². The van der Waals surface area contributed by atoms with Gasteiger partial charge in [0, 0.05) is 47.6 Å². The van der Waals surface area contributed by atoms with E-state index < -0.39 is 0 Å². The van der Waals surface area contributed by atoms with Crippen LogP contribution in [0.3, 0.4) is 0 Å². The van der Waals surface area contributed by atoms with Crippen molar-refractivity contribution in [3.05, 3.63) is 22.9 Å². The molecule has 2 aromatic rings. The summed E-state index contributed by atoms with van der Waals surface area (Å²) in [6.45, 7) is 6.18. The highest BCUT2D eigenvalue weighted by Gasteiger charge is 2.23. The summed E-state index contributed by atoms with van der Waals surface area (Å²) in [6.07, 6.45) is 3.53. The molecule has 1 aliphatic rings. The standard InChI is InChI=1S/C13H17BrN6/c1-8-6-20(7-9(2)16-8)13-17-12(18-19-13)10-3-11(14)5-15-4-10/h3-5,8-9,16H,6-7H2,1-2H3,(H,17,18,19). The maximum absolute atomic E-state index is 4.58. The van der Waals surface area contributed by atoms with Crippen LogP contribution in [0.4, 0.5) is 5.95 Å². The second-order valence-electron chi connectivity index (χ2n) is 5.25. The largest absolute Gasteiger partial charge is 0.336 e. The molecule has 20 heavy (non-hydrogen) atoms. The summed E-state index contributed by atoms with van der Waals surface area (Å²) in [5, 5.41) is 10.8. The zero-order chi connectivity index (χ0) is 14.1. The molecule has 3 rings (SSSR count). The first-order chi connectivity index (χ1) is 9.61. The Kier molecular flexibility index (Phi) is 3.71. The summed E-state index contributed by atoms with van der Waals surface area (Å²) in [7, 11) is 0. The van der Waals surface area contributed by atoms with Crippen LogP contribution in [-0.2, 0) is 0 Å². The number of aromatic amines is 1. The number of rotatable bonds is 2. The van der Waals surface area contributed by atoms with E-state index in [9.17, 15) is 0 Å². The van der Waals surface area contributed by atoms with Crippen LogP contribution in [0.5, 0.6) is 0 Å². The van der Waals surface area contributed by atoms with Gasteiger partial charge >= 0.3 is 0 Å². The van der Waals surface area contributed by atoms with E-state index in [4.69, 9.17) is 0 Å². The van der Waals surface area contributed by atoms with Crippen LogP contribution in [0.15, 0.2) is 22.9 Å². The van der Waals surface area contributed by atoms with Crippen molar-refractivity contribution in [3.8, 4) is 11.4 Å². The first kappa shape index (κ1) is 13.5. The van der Waals surface area contributed by atoms with E-state index in [1.165, 1.54) is 0 Å². The van der Waals surface area contributed by atoms with E-state index >= 15 is 0 Å². The third kappa shape index (κ3) is 2.83. The Hall–Kier alpha value is -1.47. The average Bonchev–Trinajstić information content (AvgIpc) is 2.87. The molecule has 2 aromatic heterocycles. The zero-order valence-corrected chi connectivity index (χ0v) is 13.1. The first-order valence-electron chi connectivity index (χ1n) is 6.66. The topological polar surface area (TPSA) is 69.7 Å². The molecule has 0 aromatic carbocycles. The summed E-state index contributed by atoms with van der Waals surface area (Å²) in [5.41, 5.74) is 0.925. The smallest absolute Gasteiger partial charge is 0.245 e. The fourth-order valence-electron chi connectivity index (χ4n) is 2.55. The molecule has 1 fully saturated rings. The molecule has 1 aliphatic heterocycles. The number of anilines is 1. The highest BCUT2D eigenvalue weighted by atomic mass is 79.9. The predicted octanol–water partition coefficient (Wildman–Crippen LogP) is 1.82. The second kappa shape index (κ2) is 5.49. The number of H-pyrrole nitrogens is 1. The summed E-state index contributed by atoms with van der Waals surface area (Å²) in [6, 6.07) is 2.85. The maximum atomic E-state index is 4.58. The Morgan fingerprint density at radius 2 is 2.00 bits per heavy atom. The highest BCUT2D eigenvalue weighted by molar-refractivity contribution is 9.10. The van der Waals surface area contributed by atoms with Crippen molar-refractivity contribution in [2.75, 3.05) is 18.0 Å². The van der Waals surface area contributed by atoms with Crippen LogP contribution in [-0.4, -0.2) is 45.3 Å². The van der Waals surface area contributed by atoms with E-state index in [0.717, 1.165) is 34.9 Å². The van der Waals surface area contributed by atoms with Gasteiger partial charge in [0.15, 0.2) is 5.82 Å². The molecule has 7 heteroatoms. The number of pyridine rings is 1. The lowest BCUT2D eigenvalue weighted by Crippen LogP contribution is -2.54. The third-order valence-electron chi connectivity index (χ3n) is 3.29. The molecule has 1 saturated heterocycles. The molecular formula is C13H17BrN6. The van der Waals surface area contributed by atoms with Gasteiger partial charge in [-0.3, -0.25) is 10.1 Å². The number of piperazine rings is 1. The number of hydrogen-bond donors (Lipinski definition) is 2. The Balaban J connectivity index is 1.83. The van der Waals surface area contributed by atoms with E-state index in [1.54, 1.807) is 12.4 Å². The Bertz CT molecular complexity index is 588. The van der Waals surface area contributed by atoms with Gasteiger partial charge in [-0.25, -0.2) is 0 Å². The van der Waals surface area contributed by atoms with Gasteiger partial charge in [-0.1, -0.05) is 0 Å². The lowest BCUT2D eigenvalue weighted by molar-refractivity contribution is 0.403. The normalized spacial score (nSPS) is 23.1. The molecule has 3 heterocycles. The molecule has 106 valence electrons. The molecule has 0 amide bonds. The van der Waals surface area contributed by atoms with Crippen LogP contribution >= 0.6 is 15.9 Å². The number of nitrogens with zero attached hydrogens (tertiary/aromatic N) is 4. The molecule has 0 aliphatic carbocycles. The SMILES string of the molecule is CC1CN(c2n[nH]c(-c3cncc(Br)c3)n2)CC(C)N1. The van der Waals surface area contributed by atoms with Crippen molar-refractivity contribution in [3.63, 3.8) is 0 Å². The van der Waals surface area contributed by atoms with Crippen LogP contribution in [0, 0.1) is 0 Å². The molecule has 0 bridgehead atoms. The minimum Gasteiger partial charge on any atom is -0.336 e. The Morgan fingerprint density at radius 1 is 1.25 bits per heavy atom. The molecule has 0 saturated carbocycles. The highest BCUT2D eigenvalue weighted by Crippen LogP contribution is 2.21. The molecule has 0 radical (unpaired) electrons. The van der Waals surface area contributed by atoms with Crippen LogP contribution in [0.1, 0.15) is 13.8 Å². The fraction of sp³-hybridized carbons (Fsp3) is 0.462. The van der Waals surface area contributed by atoms with Crippen molar-refractivity contribution < 1.29 is 0 Å². The number of halogens is 1. The van der Waals surface area contributed by atoms with Gasteiger partial charge in [-0.2, -0.15) is 4.98 Å². The van der Waals surface area contributed by atoms with Gasteiger partial charge in [-0.05, 0) is 35.8 Å². The summed E-state index contributed by atoms with van der Waals surface area (Å²) in [4.78, 5) is 10.9. The summed E-state index contributed by atoms with van der Waals surface area (Å²) >= 11 is 3.42. The molecule has 2 unspecified atom stereocenters. The van der Waals surface area contributed by atoms with Crippen LogP contribution < -0.4 is 10.2 Å². The first-order valence-corrected chi connectivity index (χ1v) is 7.45. The monoisotopic (exact) mass is 336 g/mol. The Morgan fingerprint density at radius 3 is 2.70 bits per heavy atom. The van der Waals surface area contributed by atoms with Gasteiger partial charge in [0.05, 0.1) is 0 Å². The quantitative estimate of drug-likeness (QED) is 0.875. The molecule has 2 atom stereocenters. The minimum atomic E-state index is 0.438. The summed E-state index contributed by atoms with van der Waals surface area (Å²) < 4.78 is 0.928. The van der Waals surface area contributed by atoms with Crippen molar-refractivity contribution in [2.45, 2.75) is 25.9 Å². The van der Waals surface area contributed by atoms with E-state index in [2.05, 4.69) is 60.2 Å². The maximum Gasteiger partial charge on any atom is 0.245 e. The second-order valence-corrected chi connectivity index (χ2v) is 6.17. The van der Waals surface area contributed by atoms with Crippen molar-refractivity contribution in [1.82, 2.24) is 25.5 Å². The predicted molar refractivity (Wildman–Crippen MR) is 81.6 cm³/mol. The summed E-state index contributed by atoms with van der Waals surface area (Å²) in [5.74, 6) is 1.49. The molecule has 6 nitrogen and oxygen atoms in total. The van der Waals surface area contributed by atoms with E-state index in [-0.39, 0.29) is 0 Å². The Labute approximate surface area is 126 Å². The number of aromatic nitrogens is 4. The van der Waals surface area contributed by atoms with Gasteiger partial charge < -0.3 is 10.2 Å². The average molecular weight is 337 g/mol. The fourth-order valence-corrected chi connectivity index (χ4v) is 2.92. The molecule has 2 N–H and O–H groups in total. The van der Waals surface area contributed by atoms with Crippen molar-refractivity contribution in [2.24, 2.45) is 0 Å². The van der Waals surface area contributed by atoms with Crippen molar-refractivity contribution >= 4 is 21.9 Å². The lowest BCUT2D eigenvalue weighted by Gasteiger charge is -2.35. The van der Waals surface area contributed by atoms with E-state index in [0.29, 0.717) is 12.1 Å². The number of nitrogens with one attached hydrogen (secondary N) is 2. The van der Waals surface area contributed by atoms with Gasteiger partial charge in [-0.15, -0.1) is 5.10 Å². The lowest BCUT2D eigenvalue weighted by atomic mass is 10.1. The molecular weight excluding hydrogens is 320 g/mol. The minimum absolute atomic E-state index is 0.438. The third-order valence-corrected chi connectivity index (χ3v) is 3.73. The van der Waals surface area contributed by atoms with Gasteiger partial charge in [0.1, 0.15) is 0 Å². The van der Waals surface area contributed by atoms with Gasteiger partial charge in [0.2, 0.25) is 5.95 Å². The van der Waals surface area contributed by atoms with Crippen LogP contribution in [0.25, 0.3) is 11.4 Å². The van der Waals surface area contributed by atoms with E-state index in [1.807, 2.05) is 6.07 Å².